The van der Waals surface area contributed by atoms with Crippen molar-refractivity contribution in [3.63, 3.8) is 0 Å². The van der Waals surface area contributed by atoms with E-state index in [0.717, 1.165) is 19.3 Å². The number of amides is 1. The van der Waals surface area contributed by atoms with Gasteiger partial charge in [-0.05, 0) is 49.3 Å². The van der Waals surface area contributed by atoms with Gasteiger partial charge in [0.05, 0.1) is 16.0 Å². The number of esters is 1. The molecule has 0 aliphatic heterocycles. The SMILES string of the molecule is O=C(COC(=O)[C@@H]1[C@H]2CC[C@@H](C2)[C@@H]1C(=O)c1ccccc1)Nc1ccc(Cl)c(Cl)c1. The lowest BCUT2D eigenvalue weighted by Crippen LogP contribution is -2.37. The number of anilines is 1. The molecule has 0 heterocycles. The number of carbonyl (C=O) groups excluding carboxylic acids is 3. The average Bonchev–Trinajstić information content (AvgIpc) is 3.36. The van der Waals surface area contributed by atoms with E-state index in [1.165, 1.54) is 6.07 Å². The van der Waals surface area contributed by atoms with Gasteiger partial charge in [-0.3, -0.25) is 14.4 Å². The Labute approximate surface area is 184 Å². The van der Waals surface area contributed by atoms with Crippen LogP contribution in [0.2, 0.25) is 10.0 Å². The molecule has 0 aromatic heterocycles. The van der Waals surface area contributed by atoms with E-state index >= 15 is 0 Å². The molecule has 4 rings (SSSR count). The molecular formula is C23H21Cl2NO4. The second-order valence-corrected chi connectivity index (χ2v) is 8.71. The Balaban J connectivity index is 1.39. The Bertz CT molecular complexity index is 978. The Morgan fingerprint density at radius 1 is 0.933 bits per heavy atom. The van der Waals surface area contributed by atoms with Gasteiger partial charge in [-0.1, -0.05) is 53.5 Å². The van der Waals surface area contributed by atoms with Gasteiger partial charge in [0.25, 0.3) is 5.91 Å². The van der Waals surface area contributed by atoms with E-state index in [1.54, 1.807) is 24.3 Å². The van der Waals surface area contributed by atoms with Crippen LogP contribution in [0.3, 0.4) is 0 Å². The van der Waals surface area contributed by atoms with Crippen molar-refractivity contribution < 1.29 is 19.1 Å². The monoisotopic (exact) mass is 445 g/mol. The van der Waals surface area contributed by atoms with Crippen LogP contribution >= 0.6 is 23.2 Å². The number of rotatable bonds is 6. The molecule has 2 bridgehead atoms. The van der Waals surface area contributed by atoms with E-state index in [-0.39, 0.29) is 23.5 Å². The second-order valence-electron chi connectivity index (χ2n) is 7.90. The highest BCUT2D eigenvalue weighted by Gasteiger charge is 2.54. The molecule has 2 fully saturated rings. The molecule has 2 aromatic carbocycles. The highest BCUT2D eigenvalue weighted by atomic mass is 35.5. The summed E-state index contributed by atoms with van der Waals surface area (Å²) in [6.45, 7) is -0.417. The summed E-state index contributed by atoms with van der Waals surface area (Å²) in [6.07, 6.45) is 2.73. The molecular weight excluding hydrogens is 425 g/mol. The van der Waals surface area contributed by atoms with Crippen LogP contribution in [0.15, 0.2) is 48.5 Å². The molecule has 2 aliphatic carbocycles. The molecule has 0 radical (unpaired) electrons. The summed E-state index contributed by atoms with van der Waals surface area (Å²) in [6, 6.07) is 13.8. The molecule has 2 aliphatic rings. The van der Waals surface area contributed by atoms with Crippen LogP contribution in [-0.2, 0) is 14.3 Å². The van der Waals surface area contributed by atoms with E-state index < -0.39 is 24.4 Å². The highest BCUT2D eigenvalue weighted by molar-refractivity contribution is 6.42. The second kappa shape index (κ2) is 8.78. The first kappa shape index (κ1) is 20.9. The van der Waals surface area contributed by atoms with Crippen LogP contribution in [0.4, 0.5) is 5.69 Å². The van der Waals surface area contributed by atoms with Crippen LogP contribution in [0.1, 0.15) is 29.6 Å². The van der Waals surface area contributed by atoms with Crippen molar-refractivity contribution in [1.82, 2.24) is 0 Å². The minimum atomic E-state index is -0.491. The van der Waals surface area contributed by atoms with Gasteiger partial charge in [0, 0.05) is 17.2 Å². The average molecular weight is 446 g/mol. The zero-order valence-corrected chi connectivity index (χ0v) is 17.7. The number of carbonyl (C=O) groups is 3. The highest BCUT2D eigenvalue weighted by Crippen LogP contribution is 2.53. The third-order valence-corrected chi connectivity index (χ3v) is 6.84. The minimum Gasteiger partial charge on any atom is -0.455 e. The first-order chi connectivity index (χ1) is 14.4. The van der Waals surface area contributed by atoms with E-state index in [9.17, 15) is 14.4 Å². The fourth-order valence-corrected chi connectivity index (χ4v) is 5.10. The number of benzene rings is 2. The van der Waals surface area contributed by atoms with Gasteiger partial charge in [0.2, 0.25) is 0 Å². The molecule has 2 saturated carbocycles. The first-order valence-electron chi connectivity index (χ1n) is 9.95. The van der Waals surface area contributed by atoms with Gasteiger partial charge < -0.3 is 10.1 Å². The molecule has 2 aromatic rings. The quantitative estimate of drug-likeness (QED) is 0.500. The Hall–Kier alpha value is -2.37. The molecule has 4 atom stereocenters. The number of fused-ring (bicyclic) bond motifs is 2. The topological polar surface area (TPSA) is 72.5 Å². The third kappa shape index (κ3) is 4.23. The van der Waals surface area contributed by atoms with Crippen LogP contribution in [0.25, 0.3) is 0 Å². The number of ether oxygens (including phenoxy) is 1. The smallest absolute Gasteiger partial charge is 0.310 e. The van der Waals surface area contributed by atoms with E-state index in [4.69, 9.17) is 27.9 Å². The van der Waals surface area contributed by atoms with Crippen molar-refractivity contribution >= 4 is 46.5 Å². The predicted molar refractivity (Wildman–Crippen MR) is 115 cm³/mol. The van der Waals surface area contributed by atoms with Gasteiger partial charge in [0.1, 0.15) is 0 Å². The Kier molecular flexibility index (Phi) is 6.11. The summed E-state index contributed by atoms with van der Waals surface area (Å²) >= 11 is 11.8. The molecule has 1 amide bonds. The Morgan fingerprint density at radius 2 is 1.63 bits per heavy atom. The lowest BCUT2D eigenvalue weighted by atomic mass is 9.75. The van der Waals surface area contributed by atoms with Gasteiger partial charge in [-0.15, -0.1) is 0 Å². The molecule has 156 valence electrons. The summed E-state index contributed by atoms with van der Waals surface area (Å²) < 4.78 is 5.32. The zero-order valence-electron chi connectivity index (χ0n) is 16.1. The van der Waals surface area contributed by atoms with Gasteiger partial charge >= 0.3 is 5.97 Å². The van der Waals surface area contributed by atoms with Crippen molar-refractivity contribution in [1.29, 1.82) is 0 Å². The van der Waals surface area contributed by atoms with Crippen LogP contribution < -0.4 is 5.32 Å². The maximum Gasteiger partial charge on any atom is 0.310 e. The standard InChI is InChI=1S/C23H21Cl2NO4/c24-17-9-8-16(11-18(17)25)26-19(27)12-30-23(29)21-15-7-6-14(10-15)20(21)22(28)13-4-2-1-3-5-13/h1-5,8-9,11,14-15,20-21H,6-7,10,12H2,(H,26,27)/t14-,15-,20-,21+/m0/s1. The maximum absolute atomic E-state index is 13.1. The summed E-state index contributed by atoms with van der Waals surface area (Å²) in [5.41, 5.74) is 1.08. The van der Waals surface area contributed by atoms with Crippen molar-refractivity contribution in [2.24, 2.45) is 23.7 Å². The lowest BCUT2D eigenvalue weighted by molar-refractivity contribution is -0.154. The third-order valence-electron chi connectivity index (χ3n) is 6.10. The fourth-order valence-electron chi connectivity index (χ4n) is 4.81. The van der Waals surface area contributed by atoms with Crippen molar-refractivity contribution in [2.75, 3.05) is 11.9 Å². The molecule has 30 heavy (non-hydrogen) atoms. The largest absolute Gasteiger partial charge is 0.455 e. The summed E-state index contributed by atoms with van der Waals surface area (Å²) in [5, 5.41) is 3.32. The van der Waals surface area contributed by atoms with E-state index in [0.29, 0.717) is 21.3 Å². The van der Waals surface area contributed by atoms with Crippen LogP contribution in [0, 0.1) is 23.7 Å². The molecule has 0 spiro atoms. The number of nitrogens with one attached hydrogen (secondary N) is 1. The number of ketones is 1. The van der Waals surface area contributed by atoms with Gasteiger partial charge in [0.15, 0.2) is 12.4 Å². The predicted octanol–water partition coefficient (Wildman–Crippen LogP) is 5.02. The molecule has 7 heteroatoms. The van der Waals surface area contributed by atoms with Crippen LogP contribution in [0.5, 0.6) is 0 Å². The lowest BCUT2D eigenvalue weighted by Gasteiger charge is -2.28. The van der Waals surface area contributed by atoms with Crippen molar-refractivity contribution in [3.05, 3.63) is 64.1 Å². The molecule has 0 saturated heterocycles. The Morgan fingerprint density at radius 3 is 2.33 bits per heavy atom. The van der Waals surface area contributed by atoms with Crippen molar-refractivity contribution in [3.8, 4) is 0 Å². The van der Waals surface area contributed by atoms with E-state index in [1.807, 2.05) is 18.2 Å². The summed E-state index contributed by atoms with van der Waals surface area (Å²) in [5.74, 6) is -1.49. The van der Waals surface area contributed by atoms with Crippen LogP contribution in [-0.4, -0.2) is 24.3 Å². The number of Topliss-reactive ketones (excluding diaryl/α,β-unsaturated/α-hetero) is 1. The molecule has 1 N–H and O–H groups in total. The minimum absolute atomic E-state index is 0.00925. The summed E-state index contributed by atoms with van der Waals surface area (Å²) in [4.78, 5) is 38.1. The van der Waals surface area contributed by atoms with Gasteiger partial charge in [-0.2, -0.15) is 0 Å². The summed E-state index contributed by atoms with van der Waals surface area (Å²) in [7, 11) is 0. The number of hydrogen-bond donors (Lipinski definition) is 1. The number of hydrogen-bond acceptors (Lipinski definition) is 4. The maximum atomic E-state index is 13.1. The van der Waals surface area contributed by atoms with E-state index in [2.05, 4.69) is 5.32 Å². The zero-order chi connectivity index (χ0) is 21.3. The first-order valence-corrected chi connectivity index (χ1v) is 10.7. The molecule has 5 nitrogen and oxygen atoms in total. The number of halogens is 2. The fraction of sp³-hybridized carbons (Fsp3) is 0.348. The van der Waals surface area contributed by atoms with Gasteiger partial charge in [-0.25, -0.2) is 0 Å². The van der Waals surface area contributed by atoms with Crippen molar-refractivity contribution in [2.45, 2.75) is 19.3 Å². The normalized spacial score (nSPS) is 24.5. The molecule has 0 unspecified atom stereocenters.